The third-order valence-electron chi connectivity index (χ3n) is 11.5. The lowest BCUT2D eigenvalue weighted by Gasteiger charge is -2.27. The molecule has 0 unspecified atom stereocenters. The van der Waals surface area contributed by atoms with Crippen LogP contribution in [0.25, 0.3) is 33.4 Å². The van der Waals surface area contributed by atoms with Gasteiger partial charge in [-0.3, -0.25) is 0 Å². The number of fused-ring (bicyclic) bond motifs is 2. The van der Waals surface area contributed by atoms with Gasteiger partial charge in [-0.1, -0.05) is 121 Å². The van der Waals surface area contributed by atoms with Crippen LogP contribution in [0, 0.1) is 6.92 Å². The summed E-state index contributed by atoms with van der Waals surface area (Å²) in [5, 5.41) is 0. The molecule has 264 valence electrons. The molecule has 2 heteroatoms. The van der Waals surface area contributed by atoms with Gasteiger partial charge in [0.05, 0.1) is 0 Å². The summed E-state index contributed by atoms with van der Waals surface area (Å²) in [7, 11) is 0. The smallest absolute Gasteiger partial charge is 0.0467 e. The summed E-state index contributed by atoms with van der Waals surface area (Å²) in [6.45, 7) is 2.14. The first kappa shape index (κ1) is 33.0. The second kappa shape index (κ2) is 14.0. The molecular weight excluding hydrogens is 665 g/mol. The van der Waals surface area contributed by atoms with Gasteiger partial charge in [-0.15, -0.1) is 0 Å². The van der Waals surface area contributed by atoms with E-state index in [4.69, 9.17) is 0 Å². The standard InChI is InChI=1S/C53H42N2/c1-37-13-27-49(28-14-37)55(53-12-6-8-43(36-53)47-22-18-41-16-20-45(41)34-47)51-31-25-39(26-32-51)38-23-29-50(30-24-38)54(48-9-3-2-4-10-48)52-11-5-7-42(35-52)46-21-17-40-15-19-44(40)33-46/h2-14,17-18,21-36H,15-16,19-20H2,1H3. The maximum absolute atomic E-state index is 2.37. The predicted octanol–water partition coefficient (Wildman–Crippen LogP) is 14.1. The number of benzene rings is 8. The molecule has 0 N–H and O–H groups in total. The minimum atomic E-state index is 1.12. The molecule has 0 atom stereocenters. The number of anilines is 6. The maximum atomic E-state index is 2.37. The number of hydrogen-bond acceptors (Lipinski definition) is 2. The summed E-state index contributed by atoms with van der Waals surface area (Å²) < 4.78 is 0. The molecule has 10 rings (SSSR count). The molecule has 0 heterocycles. The van der Waals surface area contributed by atoms with E-state index in [1.54, 1.807) is 0 Å². The number of hydrogen-bond donors (Lipinski definition) is 0. The Morgan fingerprint density at radius 1 is 0.273 bits per heavy atom. The third kappa shape index (κ3) is 6.40. The van der Waals surface area contributed by atoms with E-state index in [9.17, 15) is 0 Å². The number of aryl methyl sites for hydroxylation is 5. The minimum Gasteiger partial charge on any atom is -0.310 e. The fraction of sp³-hybridized carbons (Fsp3) is 0.0943. The zero-order valence-corrected chi connectivity index (χ0v) is 31.1. The minimum absolute atomic E-state index is 1.12. The molecule has 0 saturated heterocycles. The highest BCUT2D eigenvalue weighted by molar-refractivity contribution is 5.83. The van der Waals surface area contributed by atoms with Crippen molar-refractivity contribution in [2.45, 2.75) is 32.6 Å². The van der Waals surface area contributed by atoms with Crippen LogP contribution < -0.4 is 9.80 Å². The van der Waals surface area contributed by atoms with Crippen molar-refractivity contribution < 1.29 is 0 Å². The summed E-state index contributed by atoms with van der Waals surface area (Å²) in [4.78, 5) is 4.72. The second-order valence-electron chi connectivity index (χ2n) is 15.0. The Labute approximate surface area is 324 Å². The summed E-state index contributed by atoms with van der Waals surface area (Å²) >= 11 is 0. The molecule has 8 aromatic carbocycles. The molecule has 0 amide bonds. The Bertz CT molecular complexity index is 2640. The molecule has 2 nitrogen and oxygen atoms in total. The lowest BCUT2D eigenvalue weighted by Crippen LogP contribution is -2.10. The zero-order valence-electron chi connectivity index (χ0n) is 31.1. The molecular formula is C53H42N2. The highest BCUT2D eigenvalue weighted by Gasteiger charge is 2.18. The van der Waals surface area contributed by atoms with Gasteiger partial charge in [-0.05, 0) is 161 Å². The Kier molecular flexibility index (Phi) is 8.37. The first-order chi connectivity index (χ1) is 27.1. The van der Waals surface area contributed by atoms with Gasteiger partial charge in [-0.2, -0.15) is 0 Å². The zero-order chi connectivity index (χ0) is 36.7. The van der Waals surface area contributed by atoms with Crippen molar-refractivity contribution in [2.75, 3.05) is 9.80 Å². The number of nitrogens with zero attached hydrogens (tertiary/aromatic N) is 2. The summed E-state index contributed by atoms with van der Waals surface area (Å²) in [6, 6.07) is 69.3. The fourth-order valence-electron chi connectivity index (χ4n) is 8.17. The Morgan fingerprint density at radius 3 is 1.05 bits per heavy atom. The highest BCUT2D eigenvalue weighted by atomic mass is 15.1. The van der Waals surface area contributed by atoms with Crippen LogP contribution in [0.1, 0.15) is 27.8 Å². The van der Waals surface area contributed by atoms with Gasteiger partial charge < -0.3 is 9.80 Å². The van der Waals surface area contributed by atoms with Crippen LogP contribution in [-0.4, -0.2) is 0 Å². The summed E-state index contributed by atoms with van der Waals surface area (Å²) in [6.07, 6.45) is 4.77. The van der Waals surface area contributed by atoms with E-state index in [1.165, 1.54) is 86.9 Å². The normalized spacial score (nSPS) is 12.5. The molecule has 0 fully saturated rings. The molecule has 0 saturated carbocycles. The van der Waals surface area contributed by atoms with Crippen LogP contribution in [0.15, 0.2) is 188 Å². The first-order valence-corrected chi connectivity index (χ1v) is 19.5. The number of rotatable bonds is 9. The summed E-state index contributed by atoms with van der Waals surface area (Å²) in [5.41, 5.74) is 21.4. The fourth-order valence-corrected chi connectivity index (χ4v) is 8.17. The maximum Gasteiger partial charge on any atom is 0.0467 e. The van der Waals surface area contributed by atoms with Crippen molar-refractivity contribution in [2.24, 2.45) is 0 Å². The van der Waals surface area contributed by atoms with Gasteiger partial charge in [0.1, 0.15) is 0 Å². The van der Waals surface area contributed by atoms with Gasteiger partial charge in [0.2, 0.25) is 0 Å². The van der Waals surface area contributed by atoms with Crippen molar-refractivity contribution >= 4 is 34.1 Å². The Morgan fingerprint density at radius 2 is 0.636 bits per heavy atom. The SMILES string of the molecule is Cc1ccc(N(c2ccc(-c3ccc(N(c4ccccc4)c4cccc(-c5ccc6c(c5)CC6)c4)cc3)cc2)c2cccc(-c3ccc4c(c3)CC4)c2)cc1. The van der Waals surface area contributed by atoms with E-state index in [0.717, 1.165) is 34.1 Å². The van der Waals surface area contributed by atoms with Gasteiger partial charge in [-0.25, -0.2) is 0 Å². The summed E-state index contributed by atoms with van der Waals surface area (Å²) in [5.74, 6) is 0. The van der Waals surface area contributed by atoms with Gasteiger partial charge in [0.25, 0.3) is 0 Å². The quantitative estimate of drug-likeness (QED) is 0.147. The van der Waals surface area contributed by atoms with Crippen LogP contribution in [-0.2, 0) is 25.7 Å². The average molecular weight is 707 g/mol. The molecule has 55 heavy (non-hydrogen) atoms. The molecule has 8 aromatic rings. The second-order valence-corrected chi connectivity index (χ2v) is 15.0. The molecule has 0 aromatic heterocycles. The molecule has 0 bridgehead atoms. The van der Waals surface area contributed by atoms with Crippen molar-refractivity contribution in [1.29, 1.82) is 0 Å². The van der Waals surface area contributed by atoms with E-state index < -0.39 is 0 Å². The van der Waals surface area contributed by atoms with E-state index in [0.29, 0.717) is 0 Å². The Balaban J connectivity index is 0.961. The third-order valence-corrected chi connectivity index (χ3v) is 11.5. The lowest BCUT2D eigenvalue weighted by atomic mass is 9.86. The van der Waals surface area contributed by atoms with E-state index in [-0.39, 0.29) is 0 Å². The molecule has 2 aliphatic carbocycles. The van der Waals surface area contributed by atoms with Crippen molar-refractivity contribution in [1.82, 2.24) is 0 Å². The first-order valence-electron chi connectivity index (χ1n) is 19.5. The predicted molar refractivity (Wildman–Crippen MR) is 232 cm³/mol. The molecule has 2 aliphatic rings. The van der Waals surface area contributed by atoms with Crippen LogP contribution >= 0.6 is 0 Å². The van der Waals surface area contributed by atoms with Crippen molar-refractivity contribution in [3.63, 3.8) is 0 Å². The van der Waals surface area contributed by atoms with E-state index in [1.807, 2.05) is 0 Å². The Hall–Kier alpha value is -6.64. The van der Waals surface area contributed by atoms with Crippen LogP contribution in [0.2, 0.25) is 0 Å². The number of para-hydroxylation sites is 1. The molecule has 0 aliphatic heterocycles. The van der Waals surface area contributed by atoms with E-state index in [2.05, 4.69) is 205 Å². The van der Waals surface area contributed by atoms with Gasteiger partial charge >= 0.3 is 0 Å². The van der Waals surface area contributed by atoms with Gasteiger partial charge in [0, 0.05) is 34.1 Å². The molecule has 0 radical (unpaired) electrons. The van der Waals surface area contributed by atoms with E-state index >= 15 is 0 Å². The van der Waals surface area contributed by atoms with Crippen molar-refractivity contribution in [3.8, 4) is 33.4 Å². The van der Waals surface area contributed by atoms with Crippen LogP contribution in [0.3, 0.4) is 0 Å². The van der Waals surface area contributed by atoms with Crippen LogP contribution in [0.5, 0.6) is 0 Å². The van der Waals surface area contributed by atoms with Gasteiger partial charge in [0.15, 0.2) is 0 Å². The lowest BCUT2D eigenvalue weighted by molar-refractivity contribution is 0.840. The topological polar surface area (TPSA) is 6.48 Å². The van der Waals surface area contributed by atoms with Crippen molar-refractivity contribution in [3.05, 3.63) is 216 Å². The van der Waals surface area contributed by atoms with Crippen LogP contribution in [0.4, 0.5) is 34.1 Å². The largest absolute Gasteiger partial charge is 0.310 e. The monoisotopic (exact) mass is 706 g/mol. The average Bonchev–Trinajstić information content (AvgIpc) is 3.21. The molecule has 0 spiro atoms. The highest BCUT2D eigenvalue weighted by Crippen LogP contribution is 2.41.